The van der Waals surface area contributed by atoms with Crippen LogP contribution in [0.25, 0.3) is 16.7 Å². The normalized spacial score (nSPS) is 18.9. The number of likely N-dealkylation sites (tertiary alicyclic amines) is 1. The Morgan fingerprint density at radius 1 is 1.11 bits per heavy atom. The molecule has 0 aliphatic carbocycles. The number of Topliss-reactive ketones (excluding diaryl/α,β-unsaturated/α-hetero) is 1. The van der Waals surface area contributed by atoms with Gasteiger partial charge in [-0.25, -0.2) is 0 Å². The van der Waals surface area contributed by atoms with Crippen molar-refractivity contribution in [2.45, 2.75) is 26.3 Å². The number of nitrogens with one attached hydrogen (secondary N) is 1. The van der Waals surface area contributed by atoms with Crippen LogP contribution in [-0.4, -0.2) is 33.2 Å². The molecule has 2 heterocycles. The Balaban J connectivity index is 1.94. The molecule has 1 aromatic heterocycles. The standard InChI is InChI=1S/C23H22N2O3/c1-3-12-25-20(17-13-24-18-7-5-4-6-16(17)18)19(22(27)23(25)28)21(26)15-10-8-14(2)9-11-15/h4-11,13,20,24,26H,3,12H2,1-2H3/b21-19+. The summed E-state index contributed by atoms with van der Waals surface area (Å²) < 4.78 is 0. The van der Waals surface area contributed by atoms with Crippen molar-refractivity contribution in [1.82, 2.24) is 9.88 Å². The first-order valence-corrected chi connectivity index (χ1v) is 9.44. The predicted molar refractivity (Wildman–Crippen MR) is 109 cm³/mol. The lowest BCUT2D eigenvalue weighted by molar-refractivity contribution is -0.139. The third-order valence-electron chi connectivity index (χ3n) is 5.25. The van der Waals surface area contributed by atoms with E-state index in [0.29, 0.717) is 12.1 Å². The summed E-state index contributed by atoms with van der Waals surface area (Å²) >= 11 is 0. The summed E-state index contributed by atoms with van der Waals surface area (Å²) in [6, 6.07) is 14.4. The molecule has 2 aromatic carbocycles. The summed E-state index contributed by atoms with van der Waals surface area (Å²) in [4.78, 5) is 30.4. The quantitative estimate of drug-likeness (QED) is 0.406. The number of carbonyl (C=O) groups excluding carboxylic acids is 2. The zero-order valence-electron chi connectivity index (χ0n) is 15.9. The Bertz CT molecular complexity index is 1090. The highest BCUT2D eigenvalue weighted by molar-refractivity contribution is 6.46. The molecule has 142 valence electrons. The van der Waals surface area contributed by atoms with Gasteiger partial charge in [-0.3, -0.25) is 9.59 Å². The average molecular weight is 374 g/mol. The van der Waals surface area contributed by atoms with Gasteiger partial charge in [0, 0.05) is 34.8 Å². The number of aliphatic hydroxyl groups is 1. The number of ketones is 1. The number of hydrogen-bond donors (Lipinski definition) is 2. The first kappa shape index (κ1) is 18.0. The van der Waals surface area contributed by atoms with Crippen LogP contribution in [0.5, 0.6) is 0 Å². The molecule has 1 aliphatic rings. The van der Waals surface area contributed by atoms with E-state index in [1.165, 1.54) is 0 Å². The van der Waals surface area contributed by atoms with E-state index in [-0.39, 0.29) is 11.3 Å². The van der Waals surface area contributed by atoms with Crippen LogP contribution in [0.2, 0.25) is 0 Å². The van der Waals surface area contributed by atoms with Gasteiger partial charge in [-0.05, 0) is 19.4 Å². The van der Waals surface area contributed by atoms with Crippen molar-refractivity contribution in [1.29, 1.82) is 0 Å². The molecular formula is C23H22N2O3. The van der Waals surface area contributed by atoms with Crippen LogP contribution in [0.15, 0.2) is 60.3 Å². The number of rotatable bonds is 4. The largest absolute Gasteiger partial charge is 0.507 e. The highest BCUT2D eigenvalue weighted by atomic mass is 16.3. The molecule has 5 nitrogen and oxygen atoms in total. The molecule has 1 atom stereocenters. The van der Waals surface area contributed by atoms with Crippen LogP contribution in [0.4, 0.5) is 0 Å². The Hall–Kier alpha value is -3.34. The topological polar surface area (TPSA) is 73.4 Å². The first-order chi connectivity index (χ1) is 13.5. The molecule has 2 N–H and O–H groups in total. The van der Waals surface area contributed by atoms with Crippen molar-refractivity contribution in [2.75, 3.05) is 6.54 Å². The number of nitrogens with zero attached hydrogens (tertiary/aromatic N) is 1. The van der Waals surface area contributed by atoms with Gasteiger partial charge >= 0.3 is 0 Å². The van der Waals surface area contributed by atoms with Crippen molar-refractivity contribution >= 4 is 28.4 Å². The van der Waals surface area contributed by atoms with Crippen LogP contribution in [0.1, 0.15) is 36.1 Å². The Morgan fingerprint density at radius 2 is 1.82 bits per heavy atom. The van der Waals surface area contributed by atoms with E-state index in [1.807, 2.05) is 56.4 Å². The summed E-state index contributed by atoms with van der Waals surface area (Å²) in [5.41, 5.74) is 3.47. The van der Waals surface area contributed by atoms with Crippen molar-refractivity contribution in [3.05, 3.63) is 77.0 Å². The van der Waals surface area contributed by atoms with E-state index in [1.54, 1.807) is 17.0 Å². The van der Waals surface area contributed by atoms with Crippen LogP contribution in [0, 0.1) is 6.92 Å². The molecule has 0 saturated carbocycles. The van der Waals surface area contributed by atoms with Crippen LogP contribution < -0.4 is 0 Å². The van der Waals surface area contributed by atoms with E-state index in [4.69, 9.17) is 0 Å². The molecule has 3 aromatic rings. The van der Waals surface area contributed by atoms with Gasteiger partial charge in [0.15, 0.2) is 0 Å². The van der Waals surface area contributed by atoms with E-state index < -0.39 is 17.7 Å². The van der Waals surface area contributed by atoms with E-state index in [2.05, 4.69) is 4.98 Å². The third-order valence-corrected chi connectivity index (χ3v) is 5.25. The molecule has 1 amide bonds. The van der Waals surface area contributed by atoms with E-state index in [0.717, 1.165) is 28.5 Å². The molecular weight excluding hydrogens is 352 g/mol. The van der Waals surface area contributed by atoms with Gasteiger partial charge in [0.25, 0.3) is 11.7 Å². The van der Waals surface area contributed by atoms with Gasteiger partial charge < -0.3 is 15.0 Å². The second kappa shape index (κ2) is 7.00. The molecule has 0 bridgehead atoms. The molecule has 4 rings (SSSR count). The van der Waals surface area contributed by atoms with Gasteiger partial charge in [-0.2, -0.15) is 0 Å². The number of amides is 1. The zero-order chi connectivity index (χ0) is 19.8. The number of aromatic amines is 1. The maximum atomic E-state index is 12.9. The zero-order valence-corrected chi connectivity index (χ0v) is 15.9. The predicted octanol–water partition coefficient (Wildman–Crippen LogP) is 4.31. The fraction of sp³-hybridized carbons (Fsp3) is 0.217. The maximum Gasteiger partial charge on any atom is 0.295 e. The lowest BCUT2D eigenvalue weighted by Crippen LogP contribution is -2.30. The van der Waals surface area contributed by atoms with Crippen molar-refractivity contribution in [3.63, 3.8) is 0 Å². The minimum absolute atomic E-state index is 0.132. The summed E-state index contributed by atoms with van der Waals surface area (Å²) in [7, 11) is 0. The monoisotopic (exact) mass is 374 g/mol. The fourth-order valence-corrected chi connectivity index (χ4v) is 3.86. The molecule has 1 fully saturated rings. The fourth-order valence-electron chi connectivity index (χ4n) is 3.86. The van der Waals surface area contributed by atoms with E-state index >= 15 is 0 Å². The number of benzene rings is 2. The van der Waals surface area contributed by atoms with Crippen molar-refractivity contribution in [2.24, 2.45) is 0 Å². The number of carbonyl (C=O) groups is 2. The van der Waals surface area contributed by atoms with Crippen LogP contribution >= 0.6 is 0 Å². The van der Waals surface area contributed by atoms with Crippen molar-refractivity contribution in [3.8, 4) is 0 Å². The summed E-state index contributed by atoms with van der Waals surface area (Å²) in [6.07, 6.45) is 2.54. The summed E-state index contributed by atoms with van der Waals surface area (Å²) in [5, 5.41) is 11.9. The molecule has 1 saturated heterocycles. The van der Waals surface area contributed by atoms with Gasteiger partial charge in [-0.1, -0.05) is 55.0 Å². The molecule has 28 heavy (non-hydrogen) atoms. The molecule has 0 spiro atoms. The van der Waals surface area contributed by atoms with Gasteiger partial charge in [-0.15, -0.1) is 0 Å². The van der Waals surface area contributed by atoms with Gasteiger partial charge in [0.1, 0.15) is 5.76 Å². The average Bonchev–Trinajstić information content (AvgIpc) is 3.23. The van der Waals surface area contributed by atoms with E-state index in [9.17, 15) is 14.7 Å². The number of hydrogen-bond acceptors (Lipinski definition) is 3. The number of aromatic nitrogens is 1. The van der Waals surface area contributed by atoms with Gasteiger partial charge in [0.2, 0.25) is 0 Å². The minimum Gasteiger partial charge on any atom is -0.507 e. The number of aliphatic hydroxyl groups excluding tert-OH is 1. The molecule has 0 radical (unpaired) electrons. The highest BCUT2D eigenvalue weighted by Gasteiger charge is 2.46. The summed E-state index contributed by atoms with van der Waals surface area (Å²) in [6.45, 7) is 4.36. The lowest BCUT2D eigenvalue weighted by atomic mass is 9.94. The van der Waals surface area contributed by atoms with Crippen LogP contribution in [-0.2, 0) is 9.59 Å². The molecule has 1 unspecified atom stereocenters. The number of H-pyrrole nitrogens is 1. The van der Waals surface area contributed by atoms with Crippen molar-refractivity contribution < 1.29 is 14.7 Å². The minimum atomic E-state index is -0.637. The molecule has 5 heteroatoms. The number of fused-ring (bicyclic) bond motifs is 1. The smallest absolute Gasteiger partial charge is 0.295 e. The number of aryl methyl sites for hydroxylation is 1. The second-order valence-corrected chi connectivity index (χ2v) is 7.15. The first-order valence-electron chi connectivity index (χ1n) is 9.44. The highest BCUT2D eigenvalue weighted by Crippen LogP contribution is 2.41. The lowest BCUT2D eigenvalue weighted by Gasteiger charge is -2.24. The summed E-state index contributed by atoms with van der Waals surface area (Å²) in [5.74, 6) is -1.33. The SMILES string of the molecule is CCCN1C(=O)C(=O)/C(=C(/O)c2ccc(C)cc2)C1c1c[nH]c2ccccc12. The second-order valence-electron chi connectivity index (χ2n) is 7.15. The Kier molecular flexibility index (Phi) is 4.51. The van der Waals surface area contributed by atoms with Crippen LogP contribution in [0.3, 0.4) is 0 Å². The number of para-hydroxylation sites is 1. The molecule has 1 aliphatic heterocycles. The maximum absolute atomic E-state index is 12.9. The Labute approximate surface area is 163 Å². The van der Waals surface area contributed by atoms with Gasteiger partial charge in [0.05, 0.1) is 11.6 Å². The third kappa shape index (κ3) is 2.80. The Morgan fingerprint density at radius 3 is 2.54 bits per heavy atom.